The maximum Gasteiger partial charge on any atom is 0.159 e. The maximum atomic E-state index is 4.35. The summed E-state index contributed by atoms with van der Waals surface area (Å²) in [6, 6.07) is 6.03. The maximum absolute atomic E-state index is 4.35. The molecule has 0 fully saturated rings. The highest BCUT2D eigenvalue weighted by Crippen LogP contribution is 2.19. The van der Waals surface area contributed by atoms with E-state index in [-0.39, 0.29) is 0 Å². The SMILES string of the molecule is C=C/C=C\C(=C/C)c1cnc2ncccc2c1. The van der Waals surface area contributed by atoms with Crippen molar-refractivity contribution in [3.63, 3.8) is 0 Å². The van der Waals surface area contributed by atoms with Gasteiger partial charge < -0.3 is 0 Å². The van der Waals surface area contributed by atoms with E-state index in [0.29, 0.717) is 0 Å². The Morgan fingerprint density at radius 2 is 2.24 bits per heavy atom. The van der Waals surface area contributed by atoms with Crippen molar-refractivity contribution >= 4 is 16.6 Å². The van der Waals surface area contributed by atoms with Crippen LogP contribution in [0.1, 0.15) is 12.5 Å². The largest absolute Gasteiger partial charge is 0.237 e. The van der Waals surface area contributed by atoms with E-state index >= 15 is 0 Å². The summed E-state index contributed by atoms with van der Waals surface area (Å²) in [5, 5.41) is 1.05. The summed E-state index contributed by atoms with van der Waals surface area (Å²) in [5.74, 6) is 0. The Balaban J connectivity index is 2.48. The normalized spacial score (nSPS) is 12.2. The molecule has 0 aliphatic carbocycles. The Morgan fingerprint density at radius 1 is 1.35 bits per heavy atom. The number of hydrogen-bond donors (Lipinski definition) is 0. The van der Waals surface area contributed by atoms with Gasteiger partial charge in [0, 0.05) is 23.3 Å². The van der Waals surface area contributed by atoms with Gasteiger partial charge in [-0.05, 0) is 30.7 Å². The van der Waals surface area contributed by atoms with Gasteiger partial charge in [-0.2, -0.15) is 0 Å². The summed E-state index contributed by atoms with van der Waals surface area (Å²) in [4.78, 5) is 8.55. The number of pyridine rings is 2. The lowest BCUT2D eigenvalue weighted by Gasteiger charge is -2.03. The quantitative estimate of drug-likeness (QED) is 0.739. The third kappa shape index (κ3) is 2.48. The van der Waals surface area contributed by atoms with Gasteiger partial charge in [0.2, 0.25) is 0 Å². The minimum Gasteiger partial charge on any atom is -0.237 e. The fourth-order valence-electron chi connectivity index (χ4n) is 1.65. The number of hydrogen-bond acceptors (Lipinski definition) is 2. The van der Waals surface area contributed by atoms with E-state index in [1.807, 2.05) is 37.4 Å². The molecule has 2 nitrogen and oxygen atoms in total. The first-order chi connectivity index (χ1) is 8.35. The lowest BCUT2D eigenvalue weighted by molar-refractivity contribution is 1.28. The van der Waals surface area contributed by atoms with E-state index < -0.39 is 0 Å². The molecule has 0 spiro atoms. The zero-order chi connectivity index (χ0) is 12.1. The van der Waals surface area contributed by atoms with Crippen molar-refractivity contribution in [2.24, 2.45) is 0 Å². The van der Waals surface area contributed by atoms with Gasteiger partial charge in [0.05, 0.1) is 0 Å². The molecular formula is C15H14N2. The third-order valence-corrected chi connectivity index (χ3v) is 2.51. The van der Waals surface area contributed by atoms with Crippen LogP contribution in [0.15, 0.2) is 61.5 Å². The molecule has 0 atom stereocenters. The van der Waals surface area contributed by atoms with Crippen LogP contribution in [-0.4, -0.2) is 9.97 Å². The number of fused-ring (bicyclic) bond motifs is 1. The first-order valence-corrected chi connectivity index (χ1v) is 5.51. The van der Waals surface area contributed by atoms with Gasteiger partial charge in [-0.15, -0.1) is 0 Å². The van der Waals surface area contributed by atoms with Gasteiger partial charge in [0.1, 0.15) is 0 Å². The minimum absolute atomic E-state index is 0.777. The Morgan fingerprint density at radius 3 is 3.00 bits per heavy atom. The third-order valence-electron chi connectivity index (χ3n) is 2.51. The Labute approximate surface area is 101 Å². The van der Waals surface area contributed by atoms with Crippen molar-refractivity contribution < 1.29 is 0 Å². The summed E-state index contributed by atoms with van der Waals surface area (Å²) in [6.45, 7) is 5.68. The van der Waals surface area contributed by atoms with Crippen LogP contribution in [0.5, 0.6) is 0 Å². The molecule has 0 unspecified atom stereocenters. The molecule has 2 heterocycles. The van der Waals surface area contributed by atoms with Crippen molar-refractivity contribution in [2.75, 3.05) is 0 Å². The van der Waals surface area contributed by atoms with Gasteiger partial charge in [0.15, 0.2) is 5.65 Å². The Hall–Kier alpha value is -2.22. The van der Waals surface area contributed by atoms with Crippen LogP contribution < -0.4 is 0 Å². The second-order valence-electron chi connectivity index (χ2n) is 3.61. The monoisotopic (exact) mass is 222 g/mol. The van der Waals surface area contributed by atoms with Gasteiger partial charge >= 0.3 is 0 Å². The summed E-state index contributed by atoms with van der Waals surface area (Å²) >= 11 is 0. The predicted octanol–water partition coefficient (Wildman–Crippen LogP) is 3.78. The molecule has 0 aliphatic rings. The summed E-state index contributed by atoms with van der Waals surface area (Å²) in [5.41, 5.74) is 2.99. The van der Waals surface area contributed by atoms with E-state index in [1.54, 1.807) is 12.3 Å². The lowest BCUT2D eigenvalue weighted by atomic mass is 10.1. The van der Waals surface area contributed by atoms with Crippen molar-refractivity contribution in [1.29, 1.82) is 0 Å². The molecule has 0 saturated carbocycles. The van der Waals surface area contributed by atoms with E-state index in [2.05, 4.69) is 28.7 Å². The number of allylic oxidation sites excluding steroid dienone is 5. The van der Waals surface area contributed by atoms with E-state index in [1.165, 1.54) is 0 Å². The van der Waals surface area contributed by atoms with Crippen LogP contribution in [0, 0.1) is 0 Å². The smallest absolute Gasteiger partial charge is 0.159 e. The summed E-state index contributed by atoms with van der Waals surface area (Å²) in [6.07, 6.45) is 11.4. The van der Waals surface area contributed by atoms with Crippen molar-refractivity contribution in [3.05, 3.63) is 67.0 Å². The first kappa shape index (κ1) is 11.3. The van der Waals surface area contributed by atoms with Gasteiger partial charge in [0.25, 0.3) is 0 Å². The van der Waals surface area contributed by atoms with E-state index in [9.17, 15) is 0 Å². The van der Waals surface area contributed by atoms with Crippen LogP contribution in [0.3, 0.4) is 0 Å². The summed E-state index contributed by atoms with van der Waals surface area (Å²) < 4.78 is 0. The number of aromatic nitrogens is 2. The Bertz CT molecular complexity index is 595. The van der Waals surface area contributed by atoms with Gasteiger partial charge in [-0.25, -0.2) is 9.97 Å². The predicted molar refractivity (Wildman–Crippen MR) is 72.5 cm³/mol. The molecule has 0 bridgehead atoms. The van der Waals surface area contributed by atoms with Crippen LogP contribution in [-0.2, 0) is 0 Å². The van der Waals surface area contributed by atoms with Crippen LogP contribution in [0.4, 0.5) is 0 Å². The van der Waals surface area contributed by atoms with Crippen LogP contribution in [0.2, 0.25) is 0 Å². The second kappa shape index (κ2) is 5.21. The van der Waals surface area contributed by atoms with Crippen molar-refractivity contribution in [1.82, 2.24) is 9.97 Å². The second-order valence-corrected chi connectivity index (χ2v) is 3.61. The molecule has 84 valence electrons. The number of rotatable bonds is 3. The first-order valence-electron chi connectivity index (χ1n) is 5.51. The average Bonchev–Trinajstić information content (AvgIpc) is 2.39. The molecule has 0 aliphatic heterocycles. The van der Waals surface area contributed by atoms with Crippen LogP contribution >= 0.6 is 0 Å². The highest BCUT2D eigenvalue weighted by atomic mass is 14.8. The molecule has 0 aromatic carbocycles. The van der Waals surface area contributed by atoms with E-state index in [4.69, 9.17) is 0 Å². The molecule has 0 amide bonds. The Kier molecular flexibility index (Phi) is 3.46. The molecule has 2 heteroatoms. The lowest BCUT2D eigenvalue weighted by Crippen LogP contribution is -1.87. The highest BCUT2D eigenvalue weighted by molar-refractivity contribution is 5.82. The fraction of sp³-hybridized carbons (Fsp3) is 0.0667. The van der Waals surface area contributed by atoms with Crippen LogP contribution in [0.25, 0.3) is 16.6 Å². The standard InChI is InChI=1S/C15H14N2/c1-3-5-7-12(4-2)14-10-13-8-6-9-16-15(13)17-11-14/h3-11H,1H2,2H3/b7-5-,12-4+. The molecule has 0 N–H and O–H groups in total. The molecule has 2 rings (SSSR count). The molecule has 2 aromatic heterocycles. The molecule has 0 radical (unpaired) electrons. The summed E-state index contributed by atoms with van der Waals surface area (Å²) in [7, 11) is 0. The van der Waals surface area contributed by atoms with E-state index in [0.717, 1.165) is 22.2 Å². The molecular weight excluding hydrogens is 208 g/mol. The topological polar surface area (TPSA) is 25.8 Å². The zero-order valence-electron chi connectivity index (χ0n) is 9.80. The van der Waals surface area contributed by atoms with Crippen molar-refractivity contribution in [3.8, 4) is 0 Å². The number of nitrogens with zero attached hydrogens (tertiary/aromatic N) is 2. The highest BCUT2D eigenvalue weighted by Gasteiger charge is 2.00. The fourth-order valence-corrected chi connectivity index (χ4v) is 1.65. The molecule has 17 heavy (non-hydrogen) atoms. The molecule has 2 aromatic rings. The van der Waals surface area contributed by atoms with Crippen molar-refractivity contribution in [2.45, 2.75) is 6.92 Å². The van der Waals surface area contributed by atoms with Gasteiger partial charge in [-0.1, -0.05) is 30.9 Å². The van der Waals surface area contributed by atoms with Gasteiger partial charge in [-0.3, -0.25) is 0 Å². The molecule has 0 saturated heterocycles. The minimum atomic E-state index is 0.777. The average molecular weight is 222 g/mol. The zero-order valence-corrected chi connectivity index (χ0v) is 9.80.